The molecule has 1 aliphatic rings. The molecule has 0 aromatic heterocycles. The lowest BCUT2D eigenvalue weighted by Gasteiger charge is -2.23. The molecule has 102 valence electrons. The van der Waals surface area contributed by atoms with E-state index in [0.717, 1.165) is 38.2 Å². The number of nitrogens with zero attached hydrogens (tertiary/aromatic N) is 1. The number of aliphatic hydroxyl groups is 1. The Kier molecular flexibility index (Phi) is 5.34. The lowest BCUT2D eigenvalue weighted by atomic mass is 10.0. The molecule has 0 spiro atoms. The van der Waals surface area contributed by atoms with Crippen LogP contribution in [0.4, 0.5) is 0 Å². The van der Waals surface area contributed by atoms with Crippen molar-refractivity contribution in [3.63, 3.8) is 0 Å². The Balaban J connectivity index is 1.73. The Hall–Kier alpha value is -1.41. The van der Waals surface area contributed by atoms with Gasteiger partial charge in [-0.2, -0.15) is 5.26 Å². The van der Waals surface area contributed by atoms with Crippen molar-refractivity contribution in [1.82, 2.24) is 5.32 Å². The molecule has 4 heteroatoms. The molecule has 1 heterocycles. The molecule has 1 aromatic rings. The Labute approximate surface area is 114 Å². The average Bonchev–Trinajstić information content (AvgIpc) is 2.48. The third-order valence-electron chi connectivity index (χ3n) is 3.54. The molecule has 0 amide bonds. The highest BCUT2D eigenvalue weighted by atomic mass is 16.5. The predicted octanol–water partition coefficient (Wildman–Crippen LogP) is 1.61. The van der Waals surface area contributed by atoms with Crippen LogP contribution in [0.1, 0.15) is 30.1 Å². The molecule has 1 aromatic carbocycles. The van der Waals surface area contributed by atoms with E-state index in [-0.39, 0.29) is 0 Å². The van der Waals surface area contributed by atoms with Gasteiger partial charge >= 0.3 is 0 Å². The second kappa shape index (κ2) is 7.25. The topological polar surface area (TPSA) is 65.3 Å². The fourth-order valence-electron chi connectivity index (χ4n) is 2.27. The van der Waals surface area contributed by atoms with E-state index in [1.807, 2.05) is 0 Å². The minimum Gasteiger partial charge on any atom is -0.387 e. The molecule has 2 N–H and O–H groups in total. The summed E-state index contributed by atoms with van der Waals surface area (Å²) >= 11 is 0. The smallest absolute Gasteiger partial charge is 0.0991 e. The highest BCUT2D eigenvalue weighted by molar-refractivity contribution is 5.32. The normalized spacial score (nSPS) is 17.9. The molecule has 4 nitrogen and oxygen atoms in total. The molecule has 2 rings (SSSR count). The number of nitrogens with one attached hydrogen (secondary N) is 1. The van der Waals surface area contributed by atoms with Crippen LogP contribution in [-0.2, 0) is 4.74 Å². The summed E-state index contributed by atoms with van der Waals surface area (Å²) < 4.78 is 5.31. The van der Waals surface area contributed by atoms with Gasteiger partial charge in [-0.05, 0) is 43.0 Å². The van der Waals surface area contributed by atoms with Gasteiger partial charge < -0.3 is 15.2 Å². The first-order chi connectivity index (χ1) is 9.29. The van der Waals surface area contributed by atoms with E-state index in [2.05, 4.69) is 11.4 Å². The van der Waals surface area contributed by atoms with Gasteiger partial charge in [-0.25, -0.2) is 0 Å². The van der Waals surface area contributed by atoms with E-state index in [0.29, 0.717) is 18.0 Å². The average molecular weight is 260 g/mol. The molecule has 1 atom stereocenters. The second-order valence-electron chi connectivity index (χ2n) is 4.96. The Morgan fingerprint density at radius 3 is 2.63 bits per heavy atom. The number of aliphatic hydroxyl groups excluding tert-OH is 1. The summed E-state index contributed by atoms with van der Waals surface area (Å²) in [5.74, 6) is 0.655. The monoisotopic (exact) mass is 260 g/mol. The van der Waals surface area contributed by atoms with Crippen molar-refractivity contribution in [1.29, 1.82) is 5.26 Å². The van der Waals surface area contributed by atoms with Crippen molar-refractivity contribution in [2.75, 3.05) is 26.3 Å². The first kappa shape index (κ1) is 14.0. The SMILES string of the molecule is N#Cc1ccc(C(O)CNCC2CCOCC2)cc1. The van der Waals surface area contributed by atoms with Crippen molar-refractivity contribution in [3.8, 4) is 6.07 Å². The van der Waals surface area contributed by atoms with Crippen LogP contribution in [0.5, 0.6) is 0 Å². The standard InChI is InChI=1S/C15H20N2O2/c16-9-12-1-3-14(4-2-12)15(18)11-17-10-13-5-7-19-8-6-13/h1-4,13,15,17-18H,5-8,10-11H2. The maximum atomic E-state index is 10.0. The maximum absolute atomic E-state index is 10.0. The molecule has 0 saturated carbocycles. The highest BCUT2D eigenvalue weighted by Gasteiger charge is 2.14. The molecule has 1 unspecified atom stereocenters. The van der Waals surface area contributed by atoms with Gasteiger partial charge in [-0.1, -0.05) is 12.1 Å². The van der Waals surface area contributed by atoms with Crippen molar-refractivity contribution in [2.45, 2.75) is 18.9 Å². The zero-order valence-corrected chi connectivity index (χ0v) is 11.0. The minimum absolute atomic E-state index is 0.521. The van der Waals surface area contributed by atoms with Crippen LogP contribution < -0.4 is 5.32 Å². The van der Waals surface area contributed by atoms with Crippen LogP contribution in [0, 0.1) is 17.2 Å². The fourth-order valence-corrected chi connectivity index (χ4v) is 2.27. The van der Waals surface area contributed by atoms with Crippen LogP contribution in [0.2, 0.25) is 0 Å². The van der Waals surface area contributed by atoms with E-state index in [4.69, 9.17) is 10.00 Å². The molecule has 0 radical (unpaired) electrons. The van der Waals surface area contributed by atoms with Gasteiger partial charge in [0.1, 0.15) is 0 Å². The van der Waals surface area contributed by atoms with E-state index in [9.17, 15) is 5.11 Å². The summed E-state index contributed by atoms with van der Waals surface area (Å²) in [6.07, 6.45) is 1.67. The van der Waals surface area contributed by atoms with Crippen LogP contribution in [-0.4, -0.2) is 31.4 Å². The first-order valence-corrected chi connectivity index (χ1v) is 6.76. The van der Waals surface area contributed by atoms with E-state index in [1.54, 1.807) is 24.3 Å². The summed E-state index contributed by atoms with van der Waals surface area (Å²) in [4.78, 5) is 0. The summed E-state index contributed by atoms with van der Waals surface area (Å²) in [6.45, 7) is 3.18. The van der Waals surface area contributed by atoms with Crippen LogP contribution in [0.3, 0.4) is 0 Å². The van der Waals surface area contributed by atoms with Crippen molar-refractivity contribution < 1.29 is 9.84 Å². The Morgan fingerprint density at radius 2 is 2.00 bits per heavy atom. The molecule has 0 aliphatic carbocycles. The number of nitriles is 1. The Morgan fingerprint density at radius 1 is 1.32 bits per heavy atom. The second-order valence-corrected chi connectivity index (χ2v) is 4.96. The first-order valence-electron chi connectivity index (χ1n) is 6.76. The zero-order chi connectivity index (χ0) is 13.5. The predicted molar refractivity (Wildman–Crippen MR) is 72.5 cm³/mol. The summed E-state index contributed by atoms with van der Waals surface area (Å²) in [7, 11) is 0. The lowest BCUT2D eigenvalue weighted by molar-refractivity contribution is 0.0649. The number of benzene rings is 1. The maximum Gasteiger partial charge on any atom is 0.0991 e. The molecular formula is C15H20N2O2. The van der Waals surface area contributed by atoms with Crippen molar-refractivity contribution in [2.24, 2.45) is 5.92 Å². The highest BCUT2D eigenvalue weighted by Crippen LogP contribution is 2.15. The van der Waals surface area contributed by atoms with Crippen LogP contribution >= 0.6 is 0 Å². The van der Waals surface area contributed by atoms with Gasteiger partial charge in [0.15, 0.2) is 0 Å². The quantitative estimate of drug-likeness (QED) is 0.844. The van der Waals surface area contributed by atoms with Gasteiger partial charge in [0.25, 0.3) is 0 Å². The van der Waals surface area contributed by atoms with E-state index in [1.165, 1.54) is 0 Å². The third kappa shape index (κ3) is 4.32. The van der Waals surface area contributed by atoms with E-state index < -0.39 is 6.10 Å². The molecule has 1 aliphatic heterocycles. The van der Waals surface area contributed by atoms with Crippen molar-refractivity contribution >= 4 is 0 Å². The van der Waals surface area contributed by atoms with Gasteiger partial charge in [0.2, 0.25) is 0 Å². The van der Waals surface area contributed by atoms with E-state index >= 15 is 0 Å². The summed E-state index contributed by atoms with van der Waals surface area (Å²) in [5.41, 5.74) is 1.46. The summed E-state index contributed by atoms with van der Waals surface area (Å²) in [6, 6.07) is 9.15. The van der Waals surface area contributed by atoms with Crippen LogP contribution in [0.25, 0.3) is 0 Å². The van der Waals surface area contributed by atoms with Crippen LogP contribution in [0.15, 0.2) is 24.3 Å². The Bertz CT molecular complexity index is 419. The zero-order valence-electron chi connectivity index (χ0n) is 11.0. The minimum atomic E-state index is -0.521. The number of ether oxygens (including phenoxy) is 1. The van der Waals surface area contributed by atoms with Crippen molar-refractivity contribution in [3.05, 3.63) is 35.4 Å². The number of hydrogen-bond donors (Lipinski definition) is 2. The molecule has 1 fully saturated rings. The molecular weight excluding hydrogens is 240 g/mol. The van der Waals surface area contributed by atoms with Gasteiger partial charge in [0.05, 0.1) is 17.7 Å². The molecule has 0 bridgehead atoms. The lowest BCUT2D eigenvalue weighted by Crippen LogP contribution is -2.30. The van der Waals surface area contributed by atoms with Gasteiger partial charge in [-0.15, -0.1) is 0 Å². The molecule has 1 saturated heterocycles. The molecule has 19 heavy (non-hydrogen) atoms. The number of rotatable bonds is 5. The fraction of sp³-hybridized carbons (Fsp3) is 0.533. The number of hydrogen-bond acceptors (Lipinski definition) is 4. The van der Waals surface area contributed by atoms with Gasteiger partial charge in [0, 0.05) is 19.8 Å². The summed E-state index contributed by atoms with van der Waals surface area (Å²) in [5, 5.41) is 22.1. The third-order valence-corrected chi connectivity index (χ3v) is 3.54. The largest absolute Gasteiger partial charge is 0.387 e. The van der Waals surface area contributed by atoms with Gasteiger partial charge in [-0.3, -0.25) is 0 Å².